The van der Waals surface area contributed by atoms with Gasteiger partial charge in [0.25, 0.3) is 5.91 Å². The van der Waals surface area contributed by atoms with E-state index in [1.807, 2.05) is 18.2 Å². The topological polar surface area (TPSA) is 71.8 Å². The zero-order chi connectivity index (χ0) is 18.2. The van der Waals surface area contributed by atoms with Crippen LogP contribution in [0.1, 0.15) is 11.1 Å². The Morgan fingerprint density at radius 2 is 1.88 bits per heavy atom. The van der Waals surface area contributed by atoms with Crippen LogP contribution in [0.15, 0.2) is 42.5 Å². The lowest BCUT2D eigenvalue weighted by molar-refractivity contribution is -0.132. The van der Waals surface area contributed by atoms with Crippen molar-refractivity contribution in [3.63, 3.8) is 0 Å². The zero-order valence-electron chi connectivity index (χ0n) is 14.5. The summed E-state index contributed by atoms with van der Waals surface area (Å²) >= 11 is 0. The number of hydrogen-bond donors (Lipinski definition) is 0. The van der Waals surface area contributed by atoms with E-state index in [2.05, 4.69) is 0 Å². The van der Waals surface area contributed by atoms with Crippen LogP contribution in [-0.4, -0.2) is 38.7 Å². The van der Waals surface area contributed by atoms with E-state index in [0.29, 0.717) is 29.4 Å². The van der Waals surface area contributed by atoms with Crippen LogP contribution in [0, 0.1) is 11.3 Å². The highest BCUT2D eigenvalue weighted by Gasteiger charge is 2.12. The molecule has 0 bridgehead atoms. The highest BCUT2D eigenvalue weighted by atomic mass is 16.5. The zero-order valence-corrected chi connectivity index (χ0v) is 14.5. The smallest absolute Gasteiger partial charge is 0.260 e. The van der Waals surface area contributed by atoms with Crippen molar-refractivity contribution in [2.75, 3.05) is 27.9 Å². The predicted molar refractivity (Wildman–Crippen MR) is 92.7 cm³/mol. The normalized spacial score (nSPS) is 9.84. The van der Waals surface area contributed by atoms with Gasteiger partial charge in [0.15, 0.2) is 18.1 Å². The van der Waals surface area contributed by atoms with Crippen LogP contribution < -0.4 is 14.2 Å². The van der Waals surface area contributed by atoms with Crippen molar-refractivity contribution in [1.82, 2.24) is 4.90 Å². The molecule has 0 aliphatic carbocycles. The monoisotopic (exact) mass is 340 g/mol. The van der Waals surface area contributed by atoms with Gasteiger partial charge in [-0.15, -0.1) is 0 Å². The Morgan fingerprint density at radius 3 is 2.56 bits per heavy atom. The molecule has 2 aromatic carbocycles. The first kappa shape index (κ1) is 18.1. The van der Waals surface area contributed by atoms with Crippen molar-refractivity contribution >= 4 is 5.91 Å². The minimum Gasteiger partial charge on any atom is -0.493 e. The van der Waals surface area contributed by atoms with Gasteiger partial charge in [-0.05, 0) is 35.9 Å². The second-order valence-electron chi connectivity index (χ2n) is 5.37. The van der Waals surface area contributed by atoms with Crippen LogP contribution in [0.3, 0.4) is 0 Å². The molecule has 0 atom stereocenters. The highest BCUT2D eigenvalue weighted by Crippen LogP contribution is 2.27. The summed E-state index contributed by atoms with van der Waals surface area (Å²) in [6, 6.07) is 14.2. The minimum absolute atomic E-state index is 0.0985. The molecular formula is C19H20N2O4. The van der Waals surface area contributed by atoms with Crippen LogP contribution in [0.2, 0.25) is 0 Å². The first-order valence-electron chi connectivity index (χ1n) is 7.65. The number of amides is 1. The van der Waals surface area contributed by atoms with E-state index in [0.717, 1.165) is 5.56 Å². The SMILES string of the molecule is COc1ccc(CN(C)C(=O)COc2cccc(C#N)c2)cc1OC. The third-order valence-corrected chi connectivity index (χ3v) is 3.62. The van der Waals surface area contributed by atoms with Gasteiger partial charge in [-0.1, -0.05) is 12.1 Å². The lowest BCUT2D eigenvalue weighted by atomic mass is 10.2. The third kappa shape index (κ3) is 4.88. The van der Waals surface area contributed by atoms with Gasteiger partial charge in [0.2, 0.25) is 0 Å². The number of carbonyl (C=O) groups is 1. The fourth-order valence-corrected chi connectivity index (χ4v) is 2.25. The fourth-order valence-electron chi connectivity index (χ4n) is 2.25. The molecule has 0 saturated carbocycles. The van der Waals surface area contributed by atoms with Gasteiger partial charge in [0.05, 0.1) is 25.9 Å². The number of ether oxygens (including phenoxy) is 3. The van der Waals surface area contributed by atoms with E-state index in [1.165, 1.54) is 0 Å². The molecule has 0 aromatic heterocycles. The van der Waals surface area contributed by atoms with Crippen molar-refractivity contribution in [2.45, 2.75) is 6.54 Å². The van der Waals surface area contributed by atoms with Crippen molar-refractivity contribution < 1.29 is 19.0 Å². The van der Waals surface area contributed by atoms with Crippen LogP contribution >= 0.6 is 0 Å². The summed E-state index contributed by atoms with van der Waals surface area (Å²) in [6.07, 6.45) is 0. The number of likely N-dealkylation sites (N-methyl/N-ethyl adjacent to an activating group) is 1. The maximum absolute atomic E-state index is 12.2. The molecule has 0 aliphatic rings. The number of nitrogens with zero attached hydrogens (tertiary/aromatic N) is 2. The number of carbonyl (C=O) groups excluding carboxylic acids is 1. The molecule has 6 nitrogen and oxygen atoms in total. The van der Waals surface area contributed by atoms with Gasteiger partial charge in [0.1, 0.15) is 5.75 Å². The Morgan fingerprint density at radius 1 is 1.12 bits per heavy atom. The van der Waals surface area contributed by atoms with Crippen LogP contribution in [0.5, 0.6) is 17.2 Å². The highest BCUT2D eigenvalue weighted by molar-refractivity contribution is 5.77. The average molecular weight is 340 g/mol. The second kappa shape index (κ2) is 8.60. The standard InChI is InChI=1S/C19H20N2O4/c1-21(12-15-7-8-17(23-2)18(10-15)24-3)19(22)13-25-16-6-4-5-14(9-16)11-20/h4-10H,12-13H2,1-3H3. The molecule has 25 heavy (non-hydrogen) atoms. The number of rotatable bonds is 7. The fraction of sp³-hybridized carbons (Fsp3) is 0.263. The summed E-state index contributed by atoms with van der Waals surface area (Å²) in [7, 11) is 4.85. The first-order chi connectivity index (χ1) is 12.1. The summed E-state index contributed by atoms with van der Waals surface area (Å²) < 4.78 is 15.9. The van der Waals surface area contributed by atoms with Crippen molar-refractivity contribution in [3.05, 3.63) is 53.6 Å². The van der Waals surface area contributed by atoms with Crippen LogP contribution in [-0.2, 0) is 11.3 Å². The lowest BCUT2D eigenvalue weighted by Crippen LogP contribution is -2.30. The van der Waals surface area contributed by atoms with Crippen molar-refractivity contribution in [2.24, 2.45) is 0 Å². The average Bonchev–Trinajstić information content (AvgIpc) is 2.65. The summed E-state index contributed by atoms with van der Waals surface area (Å²) in [4.78, 5) is 13.8. The molecule has 0 heterocycles. The Bertz CT molecular complexity index is 783. The van der Waals surface area contributed by atoms with Crippen LogP contribution in [0.4, 0.5) is 0 Å². The van der Waals surface area contributed by atoms with E-state index in [9.17, 15) is 4.79 Å². The van der Waals surface area contributed by atoms with Gasteiger partial charge < -0.3 is 19.1 Å². The molecule has 0 fully saturated rings. The molecule has 0 aliphatic heterocycles. The van der Waals surface area contributed by atoms with E-state index in [-0.39, 0.29) is 12.5 Å². The Balaban J connectivity index is 1.95. The second-order valence-corrected chi connectivity index (χ2v) is 5.37. The van der Waals surface area contributed by atoms with E-state index < -0.39 is 0 Å². The number of benzene rings is 2. The first-order valence-corrected chi connectivity index (χ1v) is 7.65. The van der Waals surface area contributed by atoms with Crippen molar-refractivity contribution in [1.29, 1.82) is 5.26 Å². The summed E-state index contributed by atoms with van der Waals surface area (Å²) in [5.41, 5.74) is 1.41. The Hall–Kier alpha value is -3.20. The van der Waals surface area contributed by atoms with E-state index >= 15 is 0 Å². The summed E-state index contributed by atoms with van der Waals surface area (Å²) in [6.45, 7) is 0.319. The number of hydrogen-bond acceptors (Lipinski definition) is 5. The van der Waals surface area contributed by atoms with E-state index in [4.69, 9.17) is 19.5 Å². The quantitative estimate of drug-likeness (QED) is 0.775. The predicted octanol–water partition coefficient (Wildman–Crippen LogP) is 2.61. The molecule has 0 spiro atoms. The molecule has 0 N–H and O–H groups in total. The van der Waals surface area contributed by atoms with E-state index in [1.54, 1.807) is 56.5 Å². The maximum atomic E-state index is 12.2. The Kier molecular flexibility index (Phi) is 6.24. The molecular weight excluding hydrogens is 320 g/mol. The molecule has 0 unspecified atom stereocenters. The number of nitriles is 1. The Labute approximate surface area is 147 Å². The molecule has 0 radical (unpaired) electrons. The molecule has 2 aromatic rings. The third-order valence-electron chi connectivity index (χ3n) is 3.62. The van der Waals surface area contributed by atoms with Gasteiger partial charge in [-0.3, -0.25) is 4.79 Å². The minimum atomic E-state index is -0.169. The molecule has 6 heteroatoms. The van der Waals surface area contributed by atoms with Gasteiger partial charge >= 0.3 is 0 Å². The molecule has 130 valence electrons. The summed E-state index contributed by atoms with van der Waals surface area (Å²) in [5.74, 6) is 1.58. The summed E-state index contributed by atoms with van der Waals surface area (Å²) in [5, 5.41) is 8.87. The van der Waals surface area contributed by atoms with Gasteiger partial charge in [-0.2, -0.15) is 5.26 Å². The molecule has 1 amide bonds. The maximum Gasteiger partial charge on any atom is 0.260 e. The lowest BCUT2D eigenvalue weighted by Gasteiger charge is -2.18. The van der Waals surface area contributed by atoms with Gasteiger partial charge in [-0.25, -0.2) is 0 Å². The van der Waals surface area contributed by atoms with Gasteiger partial charge in [0, 0.05) is 13.6 Å². The molecule has 0 saturated heterocycles. The number of methoxy groups -OCH3 is 2. The van der Waals surface area contributed by atoms with Crippen molar-refractivity contribution in [3.8, 4) is 23.3 Å². The van der Waals surface area contributed by atoms with Crippen LogP contribution in [0.25, 0.3) is 0 Å². The largest absolute Gasteiger partial charge is 0.493 e. The molecule has 2 rings (SSSR count).